The van der Waals surface area contributed by atoms with Crippen LogP contribution in [-0.2, 0) is 9.53 Å². The molecule has 1 fully saturated rings. The topological polar surface area (TPSA) is 46.6 Å². The van der Waals surface area contributed by atoms with Crippen LogP contribution in [-0.4, -0.2) is 31.3 Å². The number of esters is 1. The van der Waals surface area contributed by atoms with Crippen LogP contribution in [0, 0.1) is 5.92 Å². The van der Waals surface area contributed by atoms with E-state index in [0.717, 1.165) is 0 Å². The molecule has 0 spiro atoms. The normalized spacial score (nSPS) is 18.5. The molecule has 0 bridgehead atoms. The largest absolute Gasteiger partial charge is 0.465 e. The van der Waals surface area contributed by atoms with Gasteiger partial charge in [-0.05, 0) is 39.7 Å². The number of carbonyl (C=O) groups is 2. The van der Waals surface area contributed by atoms with Crippen LogP contribution in [0.15, 0.2) is 16.6 Å². The summed E-state index contributed by atoms with van der Waals surface area (Å²) in [6.45, 7) is 0.582. The van der Waals surface area contributed by atoms with Crippen LogP contribution in [0.1, 0.15) is 16.8 Å². The number of benzene rings is 1. The molecule has 0 aromatic heterocycles. The second kappa shape index (κ2) is 6.37. The number of halogens is 2. The standard InChI is InChI=1S/C13H13BrClNO3S/c1-19-13(18)8-3-9(14)12(10(15)4-8)16-5-7(6-20)2-11(16)17/h3-4,7,20H,2,5-6H2,1H3. The van der Waals surface area contributed by atoms with E-state index in [2.05, 4.69) is 33.3 Å². The highest BCUT2D eigenvalue weighted by molar-refractivity contribution is 9.10. The Morgan fingerprint density at radius 2 is 2.30 bits per heavy atom. The highest BCUT2D eigenvalue weighted by atomic mass is 79.9. The molecule has 1 aromatic carbocycles. The molecule has 1 aliphatic rings. The SMILES string of the molecule is COC(=O)c1cc(Cl)c(N2CC(CS)CC2=O)c(Br)c1. The number of ether oxygens (including phenoxy) is 1. The third kappa shape index (κ3) is 2.97. The molecular formula is C13H13BrClNO3S. The molecule has 1 amide bonds. The van der Waals surface area contributed by atoms with Crippen molar-refractivity contribution in [1.82, 2.24) is 0 Å². The molecular weight excluding hydrogens is 366 g/mol. The molecule has 0 saturated carbocycles. The Morgan fingerprint density at radius 1 is 1.60 bits per heavy atom. The number of rotatable bonds is 3. The molecule has 1 saturated heterocycles. The summed E-state index contributed by atoms with van der Waals surface area (Å²) in [5.74, 6) is 0.407. The van der Waals surface area contributed by atoms with Crippen molar-refractivity contribution in [2.45, 2.75) is 6.42 Å². The number of nitrogens with zero attached hydrogens (tertiary/aromatic N) is 1. The minimum atomic E-state index is -0.472. The summed E-state index contributed by atoms with van der Waals surface area (Å²) in [6.07, 6.45) is 0.463. The Bertz CT molecular complexity index is 544. The molecule has 1 atom stereocenters. The number of amides is 1. The molecule has 20 heavy (non-hydrogen) atoms. The molecule has 1 unspecified atom stereocenters. The summed E-state index contributed by atoms with van der Waals surface area (Å²) >= 11 is 13.8. The maximum absolute atomic E-state index is 12.0. The molecule has 0 N–H and O–H groups in total. The van der Waals surface area contributed by atoms with Crippen LogP contribution < -0.4 is 4.90 Å². The number of anilines is 1. The van der Waals surface area contributed by atoms with Crippen LogP contribution in [0.2, 0.25) is 5.02 Å². The van der Waals surface area contributed by atoms with E-state index in [4.69, 9.17) is 11.6 Å². The number of methoxy groups -OCH3 is 1. The van der Waals surface area contributed by atoms with Gasteiger partial charge in [0.1, 0.15) is 0 Å². The van der Waals surface area contributed by atoms with Crippen molar-refractivity contribution in [1.29, 1.82) is 0 Å². The lowest BCUT2D eigenvalue weighted by atomic mass is 10.1. The van der Waals surface area contributed by atoms with E-state index in [1.165, 1.54) is 13.2 Å². The number of hydrogen-bond donors (Lipinski definition) is 1. The number of carbonyl (C=O) groups excluding carboxylic acids is 2. The lowest BCUT2D eigenvalue weighted by Gasteiger charge is -2.20. The second-order valence-electron chi connectivity index (χ2n) is 4.54. The summed E-state index contributed by atoms with van der Waals surface area (Å²) in [5, 5.41) is 0.341. The van der Waals surface area contributed by atoms with Gasteiger partial charge in [0.15, 0.2) is 0 Å². The highest BCUT2D eigenvalue weighted by Gasteiger charge is 2.32. The smallest absolute Gasteiger partial charge is 0.337 e. The van der Waals surface area contributed by atoms with Gasteiger partial charge in [-0.2, -0.15) is 12.6 Å². The van der Waals surface area contributed by atoms with Crippen LogP contribution in [0.5, 0.6) is 0 Å². The lowest BCUT2D eigenvalue weighted by Crippen LogP contribution is -2.25. The second-order valence-corrected chi connectivity index (χ2v) is 6.16. The minimum absolute atomic E-state index is 0.0115. The Balaban J connectivity index is 2.38. The summed E-state index contributed by atoms with van der Waals surface area (Å²) in [5.41, 5.74) is 0.930. The van der Waals surface area contributed by atoms with Crippen molar-refractivity contribution < 1.29 is 14.3 Å². The fraction of sp³-hybridized carbons (Fsp3) is 0.385. The molecule has 108 valence electrons. The van der Waals surface area contributed by atoms with Gasteiger partial charge in [0.2, 0.25) is 5.91 Å². The van der Waals surface area contributed by atoms with E-state index < -0.39 is 5.97 Å². The van der Waals surface area contributed by atoms with E-state index in [0.29, 0.717) is 39.5 Å². The quantitative estimate of drug-likeness (QED) is 0.649. The third-order valence-corrected chi connectivity index (χ3v) is 4.58. The Labute approximate surface area is 136 Å². The van der Waals surface area contributed by atoms with E-state index >= 15 is 0 Å². The van der Waals surface area contributed by atoms with Gasteiger partial charge in [-0.15, -0.1) is 0 Å². The highest BCUT2D eigenvalue weighted by Crippen LogP contribution is 2.38. The third-order valence-electron chi connectivity index (χ3n) is 3.17. The first kappa shape index (κ1) is 15.7. The summed E-state index contributed by atoms with van der Waals surface area (Å²) in [6, 6.07) is 3.11. The zero-order chi connectivity index (χ0) is 14.9. The minimum Gasteiger partial charge on any atom is -0.465 e. The fourth-order valence-electron chi connectivity index (χ4n) is 2.18. The van der Waals surface area contributed by atoms with Gasteiger partial charge < -0.3 is 9.64 Å². The fourth-order valence-corrected chi connectivity index (χ4v) is 3.53. The monoisotopic (exact) mass is 377 g/mol. The van der Waals surface area contributed by atoms with Crippen molar-refractivity contribution >= 4 is 57.7 Å². The van der Waals surface area contributed by atoms with E-state index in [-0.39, 0.29) is 11.8 Å². The van der Waals surface area contributed by atoms with Gasteiger partial charge in [-0.1, -0.05) is 11.6 Å². The number of hydrogen-bond acceptors (Lipinski definition) is 4. The Hall–Kier alpha value is -0.720. The van der Waals surface area contributed by atoms with Crippen molar-refractivity contribution in [3.05, 3.63) is 27.2 Å². The molecule has 1 heterocycles. The Morgan fingerprint density at radius 3 is 2.80 bits per heavy atom. The van der Waals surface area contributed by atoms with Crippen LogP contribution in [0.4, 0.5) is 5.69 Å². The molecule has 0 aliphatic carbocycles. The molecule has 7 heteroatoms. The van der Waals surface area contributed by atoms with Gasteiger partial charge in [-0.25, -0.2) is 4.79 Å². The average molecular weight is 379 g/mol. The van der Waals surface area contributed by atoms with Crippen LogP contribution in [0.3, 0.4) is 0 Å². The van der Waals surface area contributed by atoms with Crippen LogP contribution in [0.25, 0.3) is 0 Å². The Kier molecular flexibility index (Phi) is 4.99. The zero-order valence-electron chi connectivity index (χ0n) is 10.7. The van der Waals surface area contributed by atoms with Gasteiger partial charge in [-0.3, -0.25) is 4.79 Å². The summed E-state index contributed by atoms with van der Waals surface area (Å²) < 4.78 is 5.25. The van der Waals surface area contributed by atoms with Gasteiger partial charge in [0, 0.05) is 17.4 Å². The van der Waals surface area contributed by atoms with E-state index in [1.807, 2.05) is 0 Å². The zero-order valence-corrected chi connectivity index (χ0v) is 14.0. The van der Waals surface area contributed by atoms with E-state index in [9.17, 15) is 9.59 Å². The first-order chi connectivity index (χ1) is 9.47. The predicted octanol–water partition coefficient (Wildman–Crippen LogP) is 3.17. The van der Waals surface area contributed by atoms with Crippen molar-refractivity contribution in [3.63, 3.8) is 0 Å². The van der Waals surface area contributed by atoms with Crippen molar-refractivity contribution in [3.8, 4) is 0 Å². The average Bonchev–Trinajstić information content (AvgIpc) is 2.78. The summed E-state index contributed by atoms with van der Waals surface area (Å²) in [4.78, 5) is 25.2. The van der Waals surface area contributed by atoms with Gasteiger partial charge in [0.05, 0.1) is 23.4 Å². The van der Waals surface area contributed by atoms with Crippen molar-refractivity contribution in [2.75, 3.05) is 24.3 Å². The first-order valence-electron chi connectivity index (χ1n) is 5.96. The van der Waals surface area contributed by atoms with Gasteiger partial charge >= 0.3 is 5.97 Å². The summed E-state index contributed by atoms with van der Waals surface area (Å²) in [7, 11) is 1.30. The molecule has 1 aliphatic heterocycles. The maximum Gasteiger partial charge on any atom is 0.337 e. The van der Waals surface area contributed by atoms with Crippen molar-refractivity contribution in [2.24, 2.45) is 5.92 Å². The molecule has 2 rings (SSSR count). The van der Waals surface area contributed by atoms with Gasteiger partial charge in [0.25, 0.3) is 0 Å². The molecule has 0 radical (unpaired) electrons. The lowest BCUT2D eigenvalue weighted by molar-refractivity contribution is -0.117. The maximum atomic E-state index is 12.0. The predicted molar refractivity (Wildman–Crippen MR) is 84.8 cm³/mol. The number of thiol groups is 1. The van der Waals surface area contributed by atoms with Crippen LogP contribution >= 0.6 is 40.2 Å². The van der Waals surface area contributed by atoms with E-state index in [1.54, 1.807) is 11.0 Å². The molecule has 4 nitrogen and oxygen atoms in total. The first-order valence-corrected chi connectivity index (χ1v) is 7.76. The molecule has 1 aromatic rings.